The van der Waals surface area contributed by atoms with Gasteiger partial charge in [-0.3, -0.25) is 0 Å². The predicted molar refractivity (Wildman–Crippen MR) is 80.7 cm³/mol. The molecular weight excluding hydrogens is 298 g/mol. The van der Waals surface area contributed by atoms with E-state index in [9.17, 15) is 13.5 Å². The maximum Gasteiger partial charge on any atom is 0.150 e. The summed E-state index contributed by atoms with van der Waals surface area (Å²) >= 11 is 5.90. The average molecular weight is 318 g/mol. The Morgan fingerprint density at radius 1 is 1.35 bits per heavy atom. The smallest absolute Gasteiger partial charge is 0.150 e. The summed E-state index contributed by atoms with van der Waals surface area (Å²) in [5.41, 5.74) is 1.32. The minimum Gasteiger partial charge on any atom is -0.388 e. The molecule has 20 heavy (non-hydrogen) atoms. The van der Waals surface area contributed by atoms with Gasteiger partial charge < -0.3 is 10.4 Å². The van der Waals surface area contributed by atoms with Gasteiger partial charge in [-0.05, 0) is 43.0 Å². The largest absolute Gasteiger partial charge is 0.388 e. The predicted octanol–water partition coefficient (Wildman–Crippen LogP) is 1.68. The van der Waals surface area contributed by atoms with Gasteiger partial charge in [0, 0.05) is 18.1 Å². The molecular formula is C14H20ClNO3S. The van der Waals surface area contributed by atoms with Gasteiger partial charge in [0.1, 0.15) is 0 Å². The molecule has 0 aromatic heterocycles. The fourth-order valence-electron chi connectivity index (χ4n) is 2.38. The normalized spacial score (nSPS) is 20.8. The van der Waals surface area contributed by atoms with Crippen molar-refractivity contribution in [1.82, 2.24) is 5.32 Å². The highest BCUT2D eigenvalue weighted by atomic mass is 35.5. The third-order valence-corrected chi connectivity index (χ3v) is 5.72. The second-order valence-corrected chi connectivity index (χ2v) is 8.29. The molecule has 0 unspecified atom stereocenters. The highest BCUT2D eigenvalue weighted by Gasteiger charge is 2.34. The monoisotopic (exact) mass is 317 g/mol. The van der Waals surface area contributed by atoms with Crippen molar-refractivity contribution in [1.29, 1.82) is 0 Å². The lowest BCUT2D eigenvalue weighted by Crippen LogP contribution is -2.46. The summed E-state index contributed by atoms with van der Waals surface area (Å²) in [5, 5.41) is 14.3. The molecule has 0 atom stereocenters. The van der Waals surface area contributed by atoms with Crippen molar-refractivity contribution in [2.45, 2.75) is 31.9 Å². The van der Waals surface area contributed by atoms with Gasteiger partial charge in [-0.1, -0.05) is 17.7 Å². The number of nitrogens with one attached hydrogen (secondary N) is 1. The molecule has 4 nitrogen and oxygen atoms in total. The van der Waals surface area contributed by atoms with Gasteiger partial charge >= 0.3 is 0 Å². The van der Waals surface area contributed by atoms with E-state index in [1.54, 1.807) is 0 Å². The quantitative estimate of drug-likeness (QED) is 0.886. The zero-order valence-corrected chi connectivity index (χ0v) is 13.1. The van der Waals surface area contributed by atoms with Gasteiger partial charge in [0.05, 0.1) is 17.1 Å². The second kappa shape index (κ2) is 6.02. The maximum absolute atomic E-state index is 11.4. The standard InChI is InChI=1S/C14H20ClNO3S/c1-11-8-13(15)3-2-12(11)9-16-10-14(17)4-6-20(18,19)7-5-14/h2-3,8,16-17H,4-7,9-10H2,1H3. The lowest BCUT2D eigenvalue weighted by molar-refractivity contribution is 0.0303. The molecule has 0 amide bonds. The first-order valence-corrected chi connectivity index (χ1v) is 8.88. The summed E-state index contributed by atoms with van der Waals surface area (Å²) in [6.07, 6.45) is 0.615. The lowest BCUT2D eigenvalue weighted by atomic mass is 9.96. The van der Waals surface area contributed by atoms with Crippen LogP contribution in [0.15, 0.2) is 18.2 Å². The van der Waals surface area contributed by atoms with Gasteiger partial charge in [0.2, 0.25) is 0 Å². The van der Waals surface area contributed by atoms with Crippen LogP contribution < -0.4 is 5.32 Å². The minimum atomic E-state index is -2.94. The number of hydrogen-bond acceptors (Lipinski definition) is 4. The number of halogens is 1. The summed E-state index contributed by atoms with van der Waals surface area (Å²) < 4.78 is 22.7. The summed E-state index contributed by atoms with van der Waals surface area (Å²) in [6, 6.07) is 5.70. The SMILES string of the molecule is Cc1cc(Cl)ccc1CNCC1(O)CCS(=O)(=O)CC1. The minimum absolute atomic E-state index is 0.0746. The Kier molecular flexibility index (Phi) is 4.74. The third-order valence-electron chi connectivity index (χ3n) is 3.83. The van der Waals surface area contributed by atoms with Crippen LogP contribution in [0.4, 0.5) is 0 Å². The van der Waals surface area contributed by atoms with E-state index >= 15 is 0 Å². The Morgan fingerprint density at radius 2 is 2.00 bits per heavy atom. The van der Waals surface area contributed by atoms with Crippen molar-refractivity contribution in [2.24, 2.45) is 0 Å². The van der Waals surface area contributed by atoms with E-state index in [1.165, 1.54) is 0 Å². The molecule has 6 heteroatoms. The molecule has 1 aromatic carbocycles. The Morgan fingerprint density at radius 3 is 2.60 bits per heavy atom. The van der Waals surface area contributed by atoms with E-state index in [4.69, 9.17) is 11.6 Å². The average Bonchev–Trinajstić information content (AvgIpc) is 2.37. The van der Waals surface area contributed by atoms with Crippen molar-refractivity contribution in [3.63, 3.8) is 0 Å². The summed E-state index contributed by atoms with van der Waals surface area (Å²) in [7, 11) is -2.94. The first-order valence-electron chi connectivity index (χ1n) is 6.68. The van der Waals surface area contributed by atoms with E-state index in [-0.39, 0.29) is 11.5 Å². The first kappa shape index (κ1) is 15.8. The van der Waals surface area contributed by atoms with Crippen molar-refractivity contribution < 1.29 is 13.5 Å². The number of benzene rings is 1. The summed E-state index contributed by atoms with van der Waals surface area (Å²) in [4.78, 5) is 0. The van der Waals surface area contributed by atoms with E-state index in [0.29, 0.717) is 31.0 Å². The fourth-order valence-corrected chi connectivity index (χ4v) is 4.20. The van der Waals surface area contributed by atoms with Gasteiger partial charge in [-0.25, -0.2) is 8.42 Å². The Bertz CT molecular complexity index is 572. The van der Waals surface area contributed by atoms with Crippen LogP contribution in [0.25, 0.3) is 0 Å². The molecule has 1 heterocycles. The number of aryl methyl sites for hydroxylation is 1. The number of hydrogen-bond donors (Lipinski definition) is 2. The molecule has 0 spiro atoms. The number of rotatable bonds is 4. The molecule has 1 aliphatic rings. The number of aliphatic hydroxyl groups is 1. The van der Waals surface area contributed by atoms with Crippen LogP contribution in [0, 0.1) is 6.92 Å². The molecule has 0 radical (unpaired) electrons. The van der Waals surface area contributed by atoms with E-state index in [2.05, 4.69) is 5.32 Å². The van der Waals surface area contributed by atoms with Crippen LogP contribution in [0.5, 0.6) is 0 Å². The second-order valence-electron chi connectivity index (χ2n) is 5.55. The van der Waals surface area contributed by atoms with Crippen LogP contribution in [-0.4, -0.2) is 37.2 Å². The van der Waals surface area contributed by atoms with Gasteiger partial charge in [-0.15, -0.1) is 0 Å². The highest BCUT2D eigenvalue weighted by Crippen LogP contribution is 2.23. The zero-order chi connectivity index (χ0) is 14.8. The van der Waals surface area contributed by atoms with E-state index in [1.807, 2.05) is 25.1 Å². The van der Waals surface area contributed by atoms with Crippen LogP contribution in [0.3, 0.4) is 0 Å². The Labute approximate surface area is 125 Å². The number of sulfone groups is 1. The topological polar surface area (TPSA) is 66.4 Å². The van der Waals surface area contributed by atoms with Crippen molar-refractivity contribution in [2.75, 3.05) is 18.1 Å². The van der Waals surface area contributed by atoms with Crippen molar-refractivity contribution >= 4 is 21.4 Å². The molecule has 0 bridgehead atoms. The molecule has 112 valence electrons. The molecule has 2 rings (SSSR count). The molecule has 0 aliphatic carbocycles. The van der Waals surface area contributed by atoms with Crippen LogP contribution >= 0.6 is 11.6 Å². The highest BCUT2D eigenvalue weighted by molar-refractivity contribution is 7.91. The van der Waals surface area contributed by atoms with E-state index in [0.717, 1.165) is 11.1 Å². The molecule has 1 fully saturated rings. The molecule has 1 aromatic rings. The molecule has 1 aliphatic heterocycles. The Hall–Kier alpha value is -0.620. The summed E-state index contributed by atoms with van der Waals surface area (Å²) in [5.74, 6) is 0.149. The van der Waals surface area contributed by atoms with Crippen LogP contribution in [-0.2, 0) is 16.4 Å². The van der Waals surface area contributed by atoms with Crippen LogP contribution in [0.1, 0.15) is 24.0 Å². The maximum atomic E-state index is 11.4. The molecule has 1 saturated heterocycles. The summed E-state index contributed by atoms with van der Waals surface area (Å²) in [6.45, 7) is 3.04. The first-order chi connectivity index (χ1) is 9.30. The van der Waals surface area contributed by atoms with Gasteiger partial charge in [0.25, 0.3) is 0 Å². The van der Waals surface area contributed by atoms with Gasteiger partial charge in [0.15, 0.2) is 9.84 Å². The molecule has 2 N–H and O–H groups in total. The third kappa shape index (κ3) is 4.19. The lowest BCUT2D eigenvalue weighted by Gasteiger charge is -2.32. The fraction of sp³-hybridized carbons (Fsp3) is 0.571. The van der Waals surface area contributed by atoms with Gasteiger partial charge in [-0.2, -0.15) is 0 Å². The van der Waals surface area contributed by atoms with Crippen LogP contribution in [0.2, 0.25) is 5.02 Å². The van der Waals surface area contributed by atoms with E-state index < -0.39 is 15.4 Å². The Balaban J connectivity index is 1.87. The zero-order valence-electron chi connectivity index (χ0n) is 11.5. The van der Waals surface area contributed by atoms with Crippen molar-refractivity contribution in [3.05, 3.63) is 34.3 Å². The van der Waals surface area contributed by atoms with Crippen molar-refractivity contribution in [3.8, 4) is 0 Å². The molecule has 0 saturated carbocycles.